The smallest absolute Gasteiger partial charge is 0.0967 e. The maximum atomic E-state index is 5.56. The maximum Gasteiger partial charge on any atom is 0.113 e. The summed E-state index contributed by atoms with van der Waals surface area (Å²) in [7, 11) is 5.56. The van der Waals surface area contributed by atoms with E-state index in [4.69, 9.17) is 7.85 Å². The van der Waals surface area contributed by atoms with Crippen LogP contribution in [0.15, 0.2) is 24.3 Å². The van der Waals surface area contributed by atoms with Crippen LogP contribution in [0.25, 0.3) is 0 Å². The molecule has 0 amide bonds. The first-order valence-corrected chi connectivity index (χ1v) is 4.03. The Morgan fingerprint density at radius 3 is 2.18 bits per heavy atom. The van der Waals surface area contributed by atoms with Gasteiger partial charge in [-0.05, 0) is 17.9 Å². The number of benzene rings is 1. The summed E-state index contributed by atoms with van der Waals surface area (Å²) in [6.07, 6.45) is 1.14. The molecule has 2 radical (unpaired) electrons. The van der Waals surface area contributed by atoms with Crippen molar-refractivity contribution in [2.75, 3.05) is 0 Å². The van der Waals surface area contributed by atoms with Gasteiger partial charge in [0.25, 0.3) is 0 Å². The molecule has 0 unspecified atom stereocenters. The molecule has 0 bridgehead atoms. The molecule has 1 aromatic carbocycles. The van der Waals surface area contributed by atoms with Crippen LogP contribution in [0, 0.1) is 5.92 Å². The van der Waals surface area contributed by atoms with E-state index in [1.807, 2.05) is 12.1 Å². The van der Waals surface area contributed by atoms with E-state index in [1.54, 1.807) is 0 Å². The van der Waals surface area contributed by atoms with Gasteiger partial charge < -0.3 is 0 Å². The Kier molecular flexibility index (Phi) is 2.75. The Hall–Kier alpha value is -0.715. The summed E-state index contributed by atoms with van der Waals surface area (Å²) in [6.45, 7) is 4.44. The van der Waals surface area contributed by atoms with Crippen LogP contribution in [-0.2, 0) is 6.42 Å². The number of hydrogen-bond donors (Lipinski definition) is 0. The van der Waals surface area contributed by atoms with Crippen molar-refractivity contribution in [3.63, 3.8) is 0 Å². The second kappa shape index (κ2) is 3.61. The molecule has 0 aliphatic carbocycles. The standard InChI is InChI=1S/C10H13B/c1-8(2)7-9-3-5-10(11)6-4-9/h3-6,8H,7H2,1-2H3. The number of hydrogen-bond acceptors (Lipinski definition) is 0. The van der Waals surface area contributed by atoms with Crippen molar-refractivity contribution in [3.05, 3.63) is 29.8 Å². The fraction of sp³-hybridized carbons (Fsp3) is 0.400. The van der Waals surface area contributed by atoms with E-state index in [0.29, 0.717) is 0 Å². The first-order valence-electron chi connectivity index (χ1n) is 4.03. The molecule has 1 aromatic rings. The van der Waals surface area contributed by atoms with E-state index >= 15 is 0 Å². The van der Waals surface area contributed by atoms with Gasteiger partial charge in [0.2, 0.25) is 0 Å². The topological polar surface area (TPSA) is 0 Å². The highest BCUT2D eigenvalue weighted by atomic mass is 14.0. The van der Waals surface area contributed by atoms with Gasteiger partial charge in [-0.25, -0.2) is 0 Å². The third-order valence-corrected chi connectivity index (χ3v) is 1.62. The largest absolute Gasteiger partial charge is 0.113 e. The maximum absolute atomic E-state index is 5.56. The quantitative estimate of drug-likeness (QED) is 0.554. The monoisotopic (exact) mass is 144 g/mol. The van der Waals surface area contributed by atoms with Crippen LogP contribution in [0.2, 0.25) is 0 Å². The molecule has 0 spiro atoms. The van der Waals surface area contributed by atoms with Crippen LogP contribution >= 0.6 is 0 Å². The van der Waals surface area contributed by atoms with Gasteiger partial charge >= 0.3 is 0 Å². The van der Waals surface area contributed by atoms with Gasteiger partial charge in [-0.3, -0.25) is 0 Å². The van der Waals surface area contributed by atoms with E-state index < -0.39 is 0 Å². The lowest BCUT2D eigenvalue weighted by molar-refractivity contribution is 0.647. The first kappa shape index (κ1) is 8.38. The second-order valence-corrected chi connectivity index (χ2v) is 3.34. The molecule has 56 valence electrons. The van der Waals surface area contributed by atoms with Crippen molar-refractivity contribution >= 4 is 13.3 Å². The summed E-state index contributed by atoms with van der Waals surface area (Å²) in [5.74, 6) is 0.721. The lowest BCUT2D eigenvalue weighted by Gasteiger charge is -2.04. The molecule has 1 heteroatoms. The van der Waals surface area contributed by atoms with E-state index in [-0.39, 0.29) is 0 Å². The SMILES string of the molecule is [B]c1ccc(CC(C)C)cc1. The predicted molar refractivity (Wildman–Crippen MR) is 50.4 cm³/mol. The molecule has 0 heterocycles. The van der Waals surface area contributed by atoms with E-state index in [1.165, 1.54) is 5.56 Å². The lowest BCUT2D eigenvalue weighted by Crippen LogP contribution is -2.02. The molecule has 0 atom stereocenters. The molecular weight excluding hydrogens is 131 g/mol. The van der Waals surface area contributed by atoms with Crippen LogP contribution in [0.1, 0.15) is 19.4 Å². The Morgan fingerprint density at radius 2 is 1.73 bits per heavy atom. The highest BCUT2D eigenvalue weighted by Crippen LogP contribution is 2.05. The molecule has 0 aromatic heterocycles. The Balaban J connectivity index is 2.66. The van der Waals surface area contributed by atoms with Crippen molar-refractivity contribution in [3.8, 4) is 0 Å². The molecule has 11 heavy (non-hydrogen) atoms. The minimum atomic E-state index is 0.721. The van der Waals surface area contributed by atoms with E-state index in [0.717, 1.165) is 17.8 Å². The highest BCUT2D eigenvalue weighted by molar-refractivity contribution is 6.32. The third-order valence-electron chi connectivity index (χ3n) is 1.62. The molecule has 0 nitrogen and oxygen atoms in total. The zero-order valence-corrected chi connectivity index (χ0v) is 7.17. The van der Waals surface area contributed by atoms with Gasteiger partial charge in [0, 0.05) is 0 Å². The predicted octanol–water partition coefficient (Wildman–Crippen LogP) is 1.68. The zero-order valence-electron chi connectivity index (χ0n) is 7.17. The average molecular weight is 144 g/mol. The van der Waals surface area contributed by atoms with Crippen LogP contribution in [0.4, 0.5) is 0 Å². The molecular formula is C10H13B. The second-order valence-electron chi connectivity index (χ2n) is 3.34. The molecule has 1 rings (SSSR count). The zero-order chi connectivity index (χ0) is 8.27. The normalized spacial score (nSPS) is 10.5. The highest BCUT2D eigenvalue weighted by Gasteiger charge is 1.95. The van der Waals surface area contributed by atoms with Gasteiger partial charge in [-0.15, -0.1) is 0 Å². The van der Waals surface area contributed by atoms with Gasteiger partial charge in [0.05, 0.1) is 0 Å². The Bertz CT molecular complexity index is 211. The van der Waals surface area contributed by atoms with Crippen molar-refractivity contribution in [1.29, 1.82) is 0 Å². The molecule has 0 saturated heterocycles. The van der Waals surface area contributed by atoms with Crippen LogP contribution < -0.4 is 5.46 Å². The Labute approximate surface area is 70.0 Å². The van der Waals surface area contributed by atoms with Crippen LogP contribution in [-0.4, -0.2) is 7.85 Å². The van der Waals surface area contributed by atoms with Crippen molar-refractivity contribution in [2.45, 2.75) is 20.3 Å². The van der Waals surface area contributed by atoms with Gasteiger partial charge in [-0.1, -0.05) is 43.6 Å². The lowest BCUT2D eigenvalue weighted by atomic mass is 9.93. The van der Waals surface area contributed by atoms with Gasteiger partial charge in [-0.2, -0.15) is 0 Å². The van der Waals surface area contributed by atoms with Crippen molar-refractivity contribution < 1.29 is 0 Å². The minimum absolute atomic E-state index is 0.721. The van der Waals surface area contributed by atoms with Gasteiger partial charge in [0.15, 0.2) is 0 Å². The fourth-order valence-corrected chi connectivity index (χ4v) is 1.13. The van der Waals surface area contributed by atoms with E-state index in [2.05, 4.69) is 26.0 Å². The molecule has 0 aliphatic heterocycles. The summed E-state index contributed by atoms with van der Waals surface area (Å²) in [5, 5.41) is 0. The van der Waals surface area contributed by atoms with Crippen molar-refractivity contribution in [2.24, 2.45) is 5.92 Å². The molecule has 0 N–H and O–H groups in total. The van der Waals surface area contributed by atoms with Crippen LogP contribution in [0.5, 0.6) is 0 Å². The average Bonchev–Trinajstić information content (AvgIpc) is 1.93. The molecule has 0 aliphatic rings. The fourth-order valence-electron chi connectivity index (χ4n) is 1.13. The summed E-state index contributed by atoms with van der Waals surface area (Å²) in [6, 6.07) is 8.10. The summed E-state index contributed by atoms with van der Waals surface area (Å²) in [4.78, 5) is 0. The molecule has 0 saturated carbocycles. The summed E-state index contributed by atoms with van der Waals surface area (Å²) < 4.78 is 0. The number of rotatable bonds is 2. The van der Waals surface area contributed by atoms with Crippen molar-refractivity contribution in [1.82, 2.24) is 0 Å². The van der Waals surface area contributed by atoms with Crippen LogP contribution in [0.3, 0.4) is 0 Å². The van der Waals surface area contributed by atoms with E-state index in [9.17, 15) is 0 Å². The molecule has 0 fully saturated rings. The first-order chi connectivity index (χ1) is 5.18. The summed E-state index contributed by atoms with van der Waals surface area (Å²) in [5.41, 5.74) is 2.21. The van der Waals surface area contributed by atoms with Gasteiger partial charge in [0.1, 0.15) is 7.85 Å². The minimum Gasteiger partial charge on any atom is -0.0967 e. The summed E-state index contributed by atoms with van der Waals surface area (Å²) >= 11 is 0. The Morgan fingerprint density at radius 1 is 1.18 bits per heavy atom. The third kappa shape index (κ3) is 2.79.